The fourth-order valence-electron chi connectivity index (χ4n) is 1.92. The molecule has 1 atom stereocenters. The highest BCUT2D eigenvalue weighted by Crippen LogP contribution is 2.10. The van der Waals surface area contributed by atoms with E-state index >= 15 is 0 Å². The lowest BCUT2D eigenvalue weighted by molar-refractivity contribution is -0.145. The van der Waals surface area contributed by atoms with Crippen LogP contribution in [0.3, 0.4) is 0 Å². The van der Waals surface area contributed by atoms with Crippen molar-refractivity contribution < 1.29 is 13.9 Å². The normalized spacial score (nSPS) is 12.2. The van der Waals surface area contributed by atoms with Crippen molar-refractivity contribution in [3.63, 3.8) is 0 Å². The summed E-state index contributed by atoms with van der Waals surface area (Å²) in [5.41, 5.74) is 0.873. The fourth-order valence-corrected chi connectivity index (χ4v) is 1.92. The molecule has 0 aliphatic carbocycles. The predicted molar refractivity (Wildman–Crippen MR) is 77.7 cm³/mol. The highest BCUT2D eigenvalue weighted by Gasteiger charge is 2.21. The maximum atomic E-state index is 12.9. The van der Waals surface area contributed by atoms with Gasteiger partial charge in [0.15, 0.2) is 0 Å². The molecule has 3 nitrogen and oxygen atoms in total. The number of rotatable bonds is 7. The molecule has 0 heterocycles. The Morgan fingerprint density at radius 1 is 1.35 bits per heavy atom. The largest absolute Gasteiger partial charge is 0.366 e. The Morgan fingerprint density at radius 2 is 1.95 bits per heavy atom. The smallest absolute Gasteiger partial charge is 0.252 e. The van der Waals surface area contributed by atoms with Gasteiger partial charge in [0, 0.05) is 13.1 Å². The number of hydrogen-bond donors (Lipinski definition) is 0. The molecule has 0 spiro atoms. The Labute approximate surface area is 120 Å². The van der Waals surface area contributed by atoms with Gasteiger partial charge in [-0.3, -0.25) is 4.79 Å². The fraction of sp³-hybridized carbons (Fsp3) is 0.438. The van der Waals surface area contributed by atoms with Crippen LogP contribution in [-0.2, 0) is 16.1 Å². The summed E-state index contributed by atoms with van der Waals surface area (Å²) >= 11 is 0. The van der Waals surface area contributed by atoms with E-state index in [1.54, 1.807) is 30.0 Å². The summed E-state index contributed by atoms with van der Waals surface area (Å²) in [6.07, 6.45) is 1.16. The molecular formula is C16H22FNO2. The van der Waals surface area contributed by atoms with Gasteiger partial charge in [-0.05, 0) is 38.5 Å². The van der Waals surface area contributed by atoms with Gasteiger partial charge < -0.3 is 9.64 Å². The number of carbonyl (C=O) groups is 1. The Hall–Kier alpha value is -1.68. The summed E-state index contributed by atoms with van der Waals surface area (Å²) in [4.78, 5) is 14.0. The zero-order valence-electron chi connectivity index (χ0n) is 12.3. The minimum atomic E-state index is -0.504. The van der Waals surface area contributed by atoms with Crippen LogP contribution in [-0.4, -0.2) is 29.6 Å². The van der Waals surface area contributed by atoms with Crippen molar-refractivity contribution in [1.29, 1.82) is 0 Å². The van der Waals surface area contributed by atoms with Crippen LogP contribution in [0.1, 0.15) is 26.3 Å². The van der Waals surface area contributed by atoms with E-state index in [0.717, 1.165) is 5.56 Å². The zero-order valence-corrected chi connectivity index (χ0v) is 12.3. The first-order valence-electron chi connectivity index (χ1n) is 6.73. The summed E-state index contributed by atoms with van der Waals surface area (Å²) < 4.78 is 18.4. The zero-order chi connectivity index (χ0) is 15.1. The second kappa shape index (κ2) is 7.80. The molecular weight excluding hydrogens is 257 g/mol. The first kappa shape index (κ1) is 16.4. The molecule has 0 aliphatic heterocycles. The predicted octanol–water partition coefficient (Wildman–Crippen LogP) is 3.15. The highest BCUT2D eigenvalue weighted by molar-refractivity contribution is 5.80. The van der Waals surface area contributed by atoms with Crippen LogP contribution in [0.2, 0.25) is 0 Å². The number of amides is 1. The summed E-state index contributed by atoms with van der Waals surface area (Å²) in [6.45, 7) is 10.0. The molecule has 1 rings (SSSR count). The van der Waals surface area contributed by atoms with Crippen LogP contribution in [0.4, 0.5) is 4.39 Å². The minimum Gasteiger partial charge on any atom is -0.366 e. The van der Waals surface area contributed by atoms with E-state index in [2.05, 4.69) is 6.58 Å². The number of carbonyl (C=O) groups excluding carboxylic acids is 1. The minimum absolute atomic E-state index is 0.00893. The molecule has 0 saturated carbocycles. The molecule has 0 saturated heterocycles. The molecule has 4 heteroatoms. The van der Waals surface area contributed by atoms with Crippen molar-refractivity contribution in [1.82, 2.24) is 4.90 Å². The van der Waals surface area contributed by atoms with Gasteiger partial charge >= 0.3 is 0 Å². The second-order valence-corrected chi connectivity index (χ2v) is 4.96. The molecule has 1 aromatic carbocycles. The van der Waals surface area contributed by atoms with Crippen molar-refractivity contribution in [3.8, 4) is 0 Å². The van der Waals surface area contributed by atoms with Gasteiger partial charge in [-0.25, -0.2) is 4.39 Å². The first-order valence-corrected chi connectivity index (χ1v) is 6.73. The van der Waals surface area contributed by atoms with E-state index in [4.69, 9.17) is 4.74 Å². The molecule has 1 aromatic rings. The third-order valence-electron chi connectivity index (χ3n) is 2.77. The molecule has 0 fully saturated rings. The van der Waals surface area contributed by atoms with Gasteiger partial charge in [-0.1, -0.05) is 18.2 Å². The van der Waals surface area contributed by atoms with E-state index < -0.39 is 6.10 Å². The van der Waals surface area contributed by atoms with E-state index in [-0.39, 0.29) is 17.8 Å². The molecule has 110 valence electrons. The molecule has 0 bridgehead atoms. The standard InChI is InChI=1S/C16H22FNO2/c1-5-10-18(16(19)13(4)20-12(2)3)11-14-6-8-15(17)9-7-14/h5-9,12-13H,1,10-11H2,2-4H3. The Kier molecular flexibility index (Phi) is 6.39. The van der Waals surface area contributed by atoms with E-state index in [0.29, 0.717) is 13.1 Å². The number of halogens is 1. The average Bonchev–Trinajstić information content (AvgIpc) is 2.39. The van der Waals surface area contributed by atoms with E-state index in [1.807, 2.05) is 13.8 Å². The van der Waals surface area contributed by atoms with Gasteiger partial charge in [0.2, 0.25) is 0 Å². The number of benzene rings is 1. The molecule has 20 heavy (non-hydrogen) atoms. The van der Waals surface area contributed by atoms with Gasteiger partial charge in [-0.15, -0.1) is 6.58 Å². The van der Waals surface area contributed by atoms with Gasteiger partial charge in [0.05, 0.1) is 6.10 Å². The Bertz CT molecular complexity index is 442. The maximum absolute atomic E-state index is 12.9. The quantitative estimate of drug-likeness (QED) is 0.718. The van der Waals surface area contributed by atoms with Crippen molar-refractivity contribution in [3.05, 3.63) is 48.3 Å². The first-order chi connectivity index (χ1) is 9.43. The van der Waals surface area contributed by atoms with Crippen molar-refractivity contribution >= 4 is 5.91 Å². The molecule has 1 unspecified atom stereocenters. The summed E-state index contributed by atoms with van der Waals surface area (Å²) in [6, 6.07) is 6.12. The molecule has 0 radical (unpaired) electrons. The van der Waals surface area contributed by atoms with Crippen LogP contribution in [0.5, 0.6) is 0 Å². The van der Waals surface area contributed by atoms with Gasteiger partial charge in [0.1, 0.15) is 11.9 Å². The number of nitrogens with zero attached hydrogens (tertiary/aromatic N) is 1. The van der Waals surface area contributed by atoms with Crippen molar-refractivity contribution in [2.45, 2.75) is 39.5 Å². The highest BCUT2D eigenvalue weighted by atomic mass is 19.1. The molecule has 0 aliphatic rings. The van der Waals surface area contributed by atoms with Crippen molar-refractivity contribution in [2.75, 3.05) is 6.54 Å². The Balaban J connectivity index is 2.74. The lowest BCUT2D eigenvalue weighted by Gasteiger charge is -2.25. The van der Waals surface area contributed by atoms with Crippen LogP contribution in [0.15, 0.2) is 36.9 Å². The third kappa shape index (κ3) is 5.13. The van der Waals surface area contributed by atoms with Crippen LogP contribution >= 0.6 is 0 Å². The number of ether oxygens (including phenoxy) is 1. The summed E-state index contributed by atoms with van der Waals surface area (Å²) in [7, 11) is 0. The molecule has 1 amide bonds. The Morgan fingerprint density at radius 3 is 2.45 bits per heavy atom. The van der Waals surface area contributed by atoms with Crippen molar-refractivity contribution in [2.24, 2.45) is 0 Å². The molecule has 0 N–H and O–H groups in total. The van der Waals surface area contributed by atoms with E-state index in [9.17, 15) is 9.18 Å². The molecule has 0 aromatic heterocycles. The van der Waals surface area contributed by atoms with E-state index in [1.165, 1.54) is 12.1 Å². The van der Waals surface area contributed by atoms with Gasteiger partial charge in [0.25, 0.3) is 5.91 Å². The maximum Gasteiger partial charge on any atom is 0.252 e. The van der Waals surface area contributed by atoms with Gasteiger partial charge in [-0.2, -0.15) is 0 Å². The topological polar surface area (TPSA) is 29.5 Å². The summed E-state index contributed by atoms with van der Waals surface area (Å²) in [5, 5.41) is 0. The SMILES string of the molecule is C=CCN(Cc1ccc(F)cc1)C(=O)C(C)OC(C)C. The van der Waals surface area contributed by atoms with Crippen LogP contribution in [0.25, 0.3) is 0 Å². The average molecular weight is 279 g/mol. The van der Waals surface area contributed by atoms with Crippen LogP contribution in [0, 0.1) is 5.82 Å². The summed E-state index contributed by atoms with van der Waals surface area (Å²) in [5.74, 6) is -0.380. The second-order valence-electron chi connectivity index (χ2n) is 4.96. The third-order valence-corrected chi connectivity index (χ3v) is 2.77. The number of hydrogen-bond acceptors (Lipinski definition) is 2. The monoisotopic (exact) mass is 279 g/mol. The lowest BCUT2D eigenvalue weighted by Crippen LogP contribution is -2.39. The lowest BCUT2D eigenvalue weighted by atomic mass is 10.2. The van der Waals surface area contributed by atoms with Crippen LogP contribution < -0.4 is 0 Å².